The van der Waals surface area contributed by atoms with Gasteiger partial charge in [-0.1, -0.05) is 6.07 Å². The summed E-state index contributed by atoms with van der Waals surface area (Å²) < 4.78 is 75.8. The Hall–Kier alpha value is -3.00. The zero-order valence-corrected chi connectivity index (χ0v) is 24.3. The molecule has 1 fully saturated rings. The molecule has 1 aromatic carbocycles. The normalized spacial score (nSPS) is 16.3. The lowest BCUT2D eigenvalue weighted by atomic mass is 9.79. The Morgan fingerprint density at radius 2 is 1.76 bits per heavy atom. The Kier molecular flexibility index (Phi) is 11.1. The standard InChI is InChI=1S/C22H30F2N4O4.C5H9F3O/c1-21(2,3)32-20(30)25-11-18-26-15-6-5-14(8-16(15)27-18)17(12-31-4)28-19(29)7-13-9-22(23,24)10-13;1-4(2,9-3)5(6,7)8/h5-6,8,13,17H,7,9-12H2,1-4H3,(H,25,30)(H,26,27)(H,28,29);1-3H3. The van der Waals surface area contributed by atoms with Crippen LogP contribution in [0.1, 0.15) is 71.3 Å². The van der Waals surface area contributed by atoms with Crippen LogP contribution in [0.3, 0.4) is 0 Å². The van der Waals surface area contributed by atoms with Crippen LogP contribution in [0.5, 0.6) is 0 Å². The number of alkyl carbamates (subject to hydrolysis) is 1. The molecule has 1 aliphatic carbocycles. The van der Waals surface area contributed by atoms with Crippen LogP contribution in [0, 0.1) is 5.92 Å². The number of methoxy groups -OCH3 is 2. The maximum absolute atomic E-state index is 13.0. The predicted octanol–water partition coefficient (Wildman–Crippen LogP) is 5.80. The Balaban J connectivity index is 0.000000564. The molecule has 3 N–H and O–H groups in total. The summed E-state index contributed by atoms with van der Waals surface area (Å²) in [6.07, 6.45) is -5.22. The second kappa shape index (κ2) is 13.3. The number of carbonyl (C=O) groups is 2. The summed E-state index contributed by atoms with van der Waals surface area (Å²) in [6.45, 7) is 7.71. The average Bonchev–Trinajstić information content (AvgIpc) is 3.22. The minimum atomic E-state index is -4.28. The van der Waals surface area contributed by atoms with Gasteiger partial charge in [0.2, 0.25) is 11.8 Å². The molecule has 41 heavy (non-hydrogen) atoms. The molecule has 0 saturated heterocycles. The van der Waals surface area contributed by atoms with Gasteiger partial charge in [0, 0.05) is 33.5 Å². The molecule has 1 saturated carbocycles. The monoisotopic (exact) mass is 594 g/mol. The summed E-state index contributed by atoms with van der Waals surface area (Å²) in [5.41, 5.74) is -0.381. The Bertz CT molecular complexity index is 1170. The second-order valence-electron chi connectivity index (χ2n) is 11.4. The van der Waals surface area contributed by atoms with Crippen molar-refractivity contribution >= 4 is 23.0 Å². The third kappa shape index (κ3) is 10.7. The molecule has 3 rings (SSSR count). The summed E-state index contributed by atoms with van der Waals surface area (Å²) in [7, 11) is 2.56. The third-order valence-electron chi connectivity index (χ3n) is 6.27. The Morgan fingerprint density at radius 3 is 2.24 bits per heavy atom. The molecule has 1 aromatic heterocycles. The van der Waals surface area contributed by atoms with Gasteiger partial charge in [0.1, 0.15) is 11.4 Å². The number of hydrogen-bond acceptors (Lipinski definition) is 6. The number of nitrogens with zero attached hydrogens (tertiary/aromatic N) is 1. The molecule has 0 spiro atoms. The number of hydrogen-bond donors (Lipinski definition) is 3. The van der Waals surface area contributed by atoms with Crippen LogP contribution in [0.15, 0.2) is 18.2 Å². The van der Waals surface area contributed by atoms with Crippen molar-refractivity contribution in [2.24, 2.45) is 5.92 Å². The van der Waals surface area contributed by atoms with Gasteiger partial charge >= 0.3 is 12.3 Å². The second-order valence-corrected chi connectivity index (χ2v) is 11.4. The minimum absolute atomic E-state index is 0.0720. The fourth-order valence-corrected chi connectivity index (χ4v) is 3.80. The number of benzene rings is 1. The lowest BCUT2D eigenvalue weighted by Gasteiger charge is -2.34. The van der Waals surface area contributed by atoms with Gasteiger partial charge in [0.05, 0.1) is 30.2 Å². The van der Waals surface area contributed by atoms with Crippen molar-refractivity contribution in [1.82, 2.24) is 20.6 Å². The highest BCUT2D eigenvalue weighted by atomic mass is 19.4. The van der Waals surface area contributed by atoms with E-state index in [1.807, 2.05) is 12.1 Å². The van der Waals surface area contributed by atoms with Crippen molar-refractivity contribution in [2.45, 2.75) is 89.8 Å². The van der Waals surface area contributed by atoms with Gasteiger partial charge in [-0.25, -0.2) is 18.6 Å². The lowest BCUT2D eigenvalue weighted by molar-refractivity contribution is -0.255. The van der Waals surface area contributed by atoms with Gasteiger partial charge in [-0.05, 0) is 58.2 Å². The van der Waals surface area contributed by atoms with Gasteiger partial charge < -0.3 is 29.8 Å². The number of alkyl halides is 5. The smallest absolute Gasteiger partial charge is 0.416 e. The minimum Gasteiger partial charge on any atom is -0.444 e. The highest BCUT2D eigenvalue weighted by Gasteiger charge is 2.47. The van der Waals surface area contributed by atoms with E-state index in [2.05, 4.69) is 25.3 Å². The average molecular weight is 595 g/mol. The fourth-order valence-electron chi connectivity index (χ4n) is 3.80. The quantitative estimate of drug-likeness (QED) is 0.316. The first kappa shape index (κ1) is 34.2. The first-order valence-corrected chi connectivity index (χ1v) is 13.0. The molecule has 1 heterocycles. The molecular weight excluding hydrogens is 555 g/mol. The maximum atomic E-state index is 13.0. The van der Waals surface area contributed by atoms with Crippen LogP contribution in [-0.2, 0) is 25.5 Å². The molecule has 1 unspecified atom stereocenters. The fraction of sp³-hybridized carbons (Fsp3) is 0.667. The van der Waals surface area contributed by atoms with E-state index < -0.39 is 35.4 Å². The van der Waals surface area contributed by atoms with E-state index in [4.69, 9.17) is 9.47 Å². The first-order chi connectivity index (χ1) is 18.7. The summed E-state index contributed by atoms with van der Waals surface area (Å²) in [4.78, 5) is 31.8. The van der Waals surface area contributed by atoms with Crippen molar-refractivity contribution in [1.29, 1.82) is 0 Å². The van der Waals surface area contributed by atoms with Crippen molar-refractivity contribution < 1.29 is 45.8 Å². The number of fused-ring (bicyclic) bond motifs is 1. The van der Waals surface area contributed by atoms with Crippen LogP contribution >= 0.6 is 0 Å². The van der Waals surface area contributed by atoms with Gasteiger partial charge in [-0.15, -0.1) is 0 Å². The molecule has 14 heteroatoms. The number of rotatable bonds is 9. The highest BCUT2D eigenvalue weighted by Crippen LogP contribution is 2.44. The molecule has 232 valence electrons. The number of carbonyl (C=O) groups excluding carboxylic acids is 2. The topological polar surface area (TPSA) is 115 Å². The van der Waals surface area contributed by atoms with Crippen LogP contribution < -0.4 is 10.6 Å². The number of halogens is 5. The van der Waals surface area contributed by atoms with E-state index in [-0.39, 0.29) is 44.2 Å². The van der Waals surface area contributed by atoms with E-state index in [0.717, 1.165) is 32.0 Å². The Morgan fingerprint density at radius 1 is 1.12 bits per heavy atom. The van der Waals surface area contributed by atoms with Gasteiger partial charge in [-0.3, -0.25) is 4.79 Å². The number of imidazole rings is 1. The first-order valence-electron chi connectivity index (χ1n) is 13.0. The van der Waals surface area contributed by atoms with E-state index in [1.54, 1.807) is 26.8 Å². The zero-order chi connectivity index (χ0) is 31.2. The van der Waals surface area contributed by atoms with E-state index in [1.165, 1.54) is 7.11 Å². The predicted molar refractivity (Wildman–Crippen MR) is 141 cm³/mol. The summed E-state index contributed by atoms with van der Waals surface area (Å²) in [6, 6.07) is 5.06. The van der Waals surface area contributed by atoms with Gasteiger partial charge in [0.25, 0.3) is 0 Å². The zero-order valence-electron chi connectivity index (χ0n) is 24.3. The number of aromatic nitrogens is 2. The van der Waals surface area contributed by atoms with Crippen molar-refractivity contribution in [3.8, 4) is 0 Å². The molecule has 1 aliphatic rings. The van der Waals surface area contributed by atoms with E-state index >= 15 is 0 Å². The summed E-state index contributed by atoms with van der Waals surface area (Å²) in [5, 5.41) is 5.53. The van der Waals surface area contributed by atoms with Crippen molar-refractivity contribution in [2.75, 3.05) is 20.8 Å². The summed E-state index contributed by atoms with van der Waals surface area (Å²) >= 11 is 0. The van der Waals surface area contributed by atoms with Crippen LogP contribution in [0.2, 0.25) is 0 Å². The van der Waals surface area contributed by atoms with Crippen LogP contribution in [0.25, 0.3) is 11.0 Å². The molecule has 9 nitrogen and oxygen atoms in total. The molecule has 0 aliphatic heterocycles. The molecule has 2 aromatic rings. The van der Waals surface area contributed by atoms with Gasteiger partial charge in [-0.2, -0.15) is 13.2 Å². The SMILES string of the molecule is COC(C)(C)C(F)(F)F.COCC(NC(=O)CC1CC(F)(F)C1)c1ccc2nc(CNC(=O)OC(C)(C)C)[nH]c2c1. The largest absolute Gasteiger partial charge is 0.444 e. The molecule has 0 radical (unpaired) electrons. The van der Waals surface area contributed by atoms with Crippen molar-refractivity contribution in [3.05, 3.63) is 29.6 Å². The third-order valence-corrected chi connectivity index (χ3v) is 6.27. The lowest BCUT2D eigenvalue weighted by Crippen LogP contribution is -2.40. The number of nitrogens with one attached hydrogen (secondary N) is 3. The Labute approximate surface area is 235 Å². The molecule has 2 amide bonds. The molecule has 1 atom stereocenters. The number of H-pyrrole nitrogens is 1. The van der Waals surface area contributed by atoms with E-state index in [0.29, 0.717) is 11.3 Å². The van der Waals surface area contributed by atoms with E-state index in [9.17, 15) is 31.5 Å². The summed E-state index contributed by atoms with van der Waals surface area (Å²) in [5.74, 6) is -2.65. The number of aromatic amines is 1. The van der Waals surface area contributed by atoms with Crippen molar-refractivity contribution in [3.63, 3.8) is 0 Å². The maximum Gasteiger partial charge on any atom is 0.416 e. The molecule has 0 bridgehead atoms. The van der Waals surface area contributed by atoms with Crippen LogP contribution in [-0.4, -0.2) is 66.1 Å². The van der Waals surface area contributed by atoms with Gasteiger partial charge in [0.15, 0.2) is 5.60 Å². The number of amides is 2. The van der Waals surface area contributed by atoms with Crippen LogP contribution in [0.4, 0.5) is 26.7 Å². The highest BCUT2D eigenvalue weighted by molar-refractivity contribution is 5.78. The molecular formula is C27H39F5N4O5. The number of ether oxygens (including phenoxy) is 3.